The number of nitrogens with zero attached hydrogens (tertiary/aromatic N) is 3. The van der Waals surface area contributed by atoms with Gasteiger partial charge in [-0.1, -0.05) is 37.3 Å². The Morgan fingerprint density at radius 1 is 1.38 bits per heavy atom. The smallest absolute Gasteiger partial charge is 0.232 e. The van der Waals surface area contributed by atoms with Crippen molar-refractivity contribution in [2.45, 2.75) is 19.5 Å². The van der Waals surface area contributed by atoms with Crippen LogP contribution < -0.4 is 5.84 Å². The molecular weight excluding hydrogens is 204 g/mol. The van der Waals surface area contributed by atoms with Gasteiger partial charge in [0.25, 0.3) is 0 Å². The van der Waals surface area contributed by atoms with E-state index in [-0.39, 0.29) is 12.0 Å². The average molecular weight is 218 g/mol. The molecule has 1 heterocycles. The lowest BCUT2D eigenvalue weighted by atomic mass is 10.1. The Morgan fingerprint density at radius 2 is 2.06 bits per heavy atom. The first-order chi connectivity index (χ1) is 7.74. The van der Waals surface area contributed by atoms with Crippen LogP contribution in [0.15, 0.2) is 46.4 Å². The second-order valence-corrected chi connectivity index (χ2v) is 3.55. The van der Waals surface area contributed by atoms with E-state index in [4.69, 9.17) is 5.84 Å². The third-order valence-electron chi connectivity index (χ3n) is 2.48. The molecule has 3 N–H and O–H groups in total. The minimum atomic E-state index is -0.285. The molecule has 5 nitrogen and oxygen atoms in total. The van der Waals surface area contributed by atoms with Gasteiger partial charge in [0.05, 0.1) is 0 Å². The Labute approximate surface area is 93.9 Å². The van der Waals surface area contributed by atoms with Crippen LogP contribution in [-0.4, -0.2) is 16.3 Å². The number of aliphatic hydroxyl groups is 1. The van der Waals surface area contributed by atoms with Gasteiger partial charge in [-0.25, -0.2) is 5.84 Å². The fourth-order valence-corrected chi connectivity index (χ4v) is 1.55. The normalized spacial score (nSPS) is 20.4. The molecule has 84 valence electrons. The summed E-state index contributed by atoms with van der Waals surface area (Å²) in [6.07, 6.45) is 0.416. The number of azo groups is 1. The van der Waals surface area contributed by atoms with Crippen molar-refractivity contribution < 1.29 is 5.11 Å². The first-order valence-corrected chi connectivity index (χ1v) is 5.17. The van der Waals surface area contributed by atoms with Gasteiger partial charge in [-0.2, -0.15) is 5.11 Å². The molecule has 1 aliphatic rings. The van der Waals surface area contributed by atoms with Crippen molar-refractivity contribution in [3.63, 3.8) is 0 Å². The largest absolute Gasteiger partial charge is 0.492 e. The van der Waals surface area contributed by atoms with E-state index in [1.165, 1.54) is 5.01 Å². The lowest BCUT2D eigenvalue weighted by molar-refractivity contribution is 0.143. The Balaban J connectivity index is 2.37. The molecule has 0 spiro atoms. The monoisotopic (exact) mass is 218 g/mol. The van der Waals surface area contributed by atoms with Gasteiger partial charge in [0.1, 0.15) is 0 Å². The zero-order valence-corrected chi connectivity index (χ0v) is 9.04. The van der Waals surface area contributed by atoms with Crippen molar-refractivity contribution in [1.29, 1.82) is 0 Å². The van der Waals surface area contributed by atoms with Crippen molar-refractivity contribution in [3.8, 4) is 0 Å². The van der Waals surface area contributed by atoms with E-state index >= 15 is 0 Å². The van der Waals surface area contributed by atoms with E-state index in [2.05, 4.69) is 10.2 Å². The van der Waals surface area contributed by atoms with E-state index in [0.29, 0.717) is 12.1 Å². The standard InChI is InChI=1S/C11H14N4O/c1-2-9-13-14-10(11(16)15(9)12)8-6-4-3-5-7-8/h3-7,9,16H,2,12H2,1H3. The highest BCUT2D eigenvalue weighted by atomic mass is 16.3. The summed E-state index contributed by atoms with van der Waals surface area (Å²) in [5, 5.41) is 19.2. The van der Waals surface area contributed by atoms with Gasteiger partial charge in [0.15, 0.2) is 11.9 Å². The predicted octanol–water partition coefficient (Wildman–Crippen LogP) is 2.25. The Kier molecular flexibility index (Phi) is 2.87. The molecule has 0 amide bonds. The van der Waals surface area contributed by atoms with Gasteiger partial charge in [-0.05, 0) is 6.42 Å². The van der Waals surface area contributed by atoms with E-state index < -0.39 is 0 Å². The third-order valence-corrected chi connectivity index (χ3v) is 2.48. The fraction of sp³-hybridized carbons (Fsp3) is 0.273. The zero-order valence-electron chi connectivity index (χ0n) is 9.04. The van der Waals surface area contributed by atoms with Crippen molar-refractivity contribution in [3.05, 3.63) is 41.8 Å². The quantitative estimate of drug-likeness (QED) is 0.747. The molecule has 0 saturated carbocycles. The van der Waals surface area contributed by atoms with Gasteiger partial charge in [-0.3, -0.25) is 5.01 Å². The van der Waals surface area contributed by atoms with Crippen LogP contribution in [0.2, 0.25) is 0 Å². The first-order valence-electron chi connectivity index (χ1n) is 5.17. The lowest BCUT2D eigenvalue weighted by Crippen LogP contribution is -2.40. The van der Waals surface area contributed by atoms with Gasteiger partial charge >= 0.3 is 0 Å². The summed E-state index contributed by atoms with van der Waals surface area (Å²) >= 11 is 0. The summed E-state index contributed by atoms with van der Waals surface area (Å²) in [7, 11) is 0. The van der Waals surface area contributed by atoms with Crippen LogP contribution in [0.4, 0.5) is 0 Å². The zero-order chi connectivity index (χ0) is 11.5. The van der Waals surface area contributed by atoms with Crippen molar-refractivity contribution in [1.82, 2.24) is 5.01 Å². The molecule has 0 bridgehead atoms. The molecule has 0 fully saturated rings. The van der Waals surface area contributed by atoms with Gasteiger partial charge in [0.2, 0.25) is 5.88 Å². The van der Waals surface area contributed by atoms with Crippen LogP contribution in [0, 0.1) is 0 Å². The summed E-state index contributed by atoms with van der Waals surface area (Å²) in [5.74, 6) is 5.70. The number of hydrazine groups is 1. The number of benzene rings is 1. The lowest BCUT2D eigenvalue weighted by Gasteiger charge is -2.27. The van der Waals surface area contributed by atoms with Gasteiger partial charge < -0.3 is 5.11 Å². The van der Waals surface area contributed by atoms with Crippen LogP contribution in [0.25, 0.3) is 5.70 Å². The van der Waals surface area contributed by atoms with Crippen molar-refractivity contribution in [2.24, 2.45) is 16.1 Å². The molecule has 1 aromatic carbocycles. The number of hydrogen-bond donors (Lipinski definition) is 2. The fourth-order valence-electron chi connectivity index (χ4n) is 1.55. The van der Waals surface area contributed by atoms with Crippen LogP contribution in [0.5, 0.6) is 0 Å². The summed E-state index contributed by atoms with van der Waals surface area (Å²) in [6, 6.07) is 9.35. The average Bonchev–Trinajstić information content (AvgIpc) is 2.34. The Morgan fingerprint density at radius 3 is 2.69 bits per heavy atom. The molecule has 1 unspecified atom stereocenters. The second-order valence-electron chi connectivity index (χ2n) is 3.55. The van der Waals surface area contributed by atoms with E-state index in [0.717, 1.165) is 5.56 Å². The molecule has 16 heavy (non-hydrogen) atoms. The highest BCUT2D eigenvalue weighted by Gasteiger charge is 2.23. The molecule has 5 heteroatoms. The molecule has 1 aromatic rings. The van der Waals surface area contributed by atoms with Crippen LogP contribution in [0.3, 0.4) is 0 Å². The number of rotatable bonds is 2. The van der Waals surface area contributed by atoms with Crippen molar-refractivity contribution in [2.75, 3.05) is 0 Å². The molecule has 0 saturated heterocycles. The Bertz CT molecular complexity index is 427. The van der Waals surface area contributed by atoms with Crippen LogP contribution in [0.1, 0.15) is 18.9 Å². The maximum Gasteiger partial charge on any atom is 0.232 e. The maximum absolute atomic E-state index is 9.92. The highest BCUT2D eigenvalue weighted by Crippen LogP contribution is 2.26. The van der Waals surface area contributed by atoms with Gasteiger partial charge in [0, 0.05) is 5.56 Å². The SMILES string of the molecule is CCC1N=NC(c2ccccc2)=C(O)N1N. The summed E-state index contributed by atoms with van der Waals surface area (Å²) in [6.45, 7) is 1.93. The molecule has 2 rings (SSSR count). The van der Waals surface area contributed by atoms with Gasteiger partial charge in [-0.15, -0.1) is 5.11 Å². The third kappa shape index (κ3) is 1.77. The predicted molar refractivity (Wildman–Crippen MR) is 61.0 cm³/mol. The molecule has 1 atom stereocenters. The highest BCUT2D eigenvalue weighted by molar-refractivity contribution is 5.65. The topological polar surface area (TPSA) is 74.2 Å². The number of hydrogen-bond acceptors (Lipinski definition) is 5. The molecular formula is C11H14N4O. The van der Waals surface area contributed by atoms with E-state index in [1.54, 1.807) is 0 Å². The van der Waals surface area contributed by atoms with Crippen LogP contribution >= 0.6 is 0 Å². The van der Waals surface area contributed by atoms with Crippen LogP contribution in [-0.2, 0) is 0 Å². The van der Waals surface area contributed by atoms with Crippen molar-refractivity contribution >= 4 is 5.70 Å². The minimum Gasteiger partial charge on any atom is -0.492 e. The maximum atomic E-state index is 9.92. The minimum absolute atomic E-state index is 0.0342. The molecule has 0 aromatic heterocycles. The summed E-state index contributed by atoms with van der Waals surface area (Å²) in [4.78, 5) is 0. The van der Waals surface area contributed by atoms with E-state index in [1.807, 2.05) is 37.3 Å². The van der Waals surface area contributed by atoms with E-state index in [9.17, 15) is 5.11 Å². The number of aliphatic hydroxyl groups excluding tert-OH is 1. The number of nitrogens with two attached hydrogens (primary N) is 1. The molecule has 0 aliphatic carbocycles. The molecule has 0 radical (unpaired) electrons. The Hall–Kier alpha value is -1.88. The summed E-state index contributed by atoms with van der Waals surface area (Å²) in [5.41, 5.74) is 1.21. The first kappa shape index (κ1) is 10.6. The molecule has 1 aliphatic heterocycles. The summed E-state index contributed by atoms with van der Waals surface area (Å²) < 4.78 is 0. The second kappa shape index (κ2) is 4.32.